The molecule has 0 spiro atoms. The summed E-state index contributed by atoms with van der Waals surface area (Å²) in [6.07, 6.45) is 0.0866. The van der Waals surface area contributed by atoms with Crippen LogP contribution >= 0.6 is 0 Å². The van der Waals surface area contributed by atoms with Gasteiger partial charge < -0.3 is 19.7 Å². The molecule has 146 valence electrons. The highest BCUT2D eigenvalue weighted by molar-refractivity contribution is 6.06. The standard InChI is InChI=1S/C21H22N2O5/c1-13-8-9-18(27-2)17(10-13)23-12-14(11-19(23)24)20(25)22-16-7-5-4-6-15(16)21(26)28-3/h4-10,14H,11-12H2,1-3H3,(H,22,25). The van der Waals surface area contributed by atoms with Crippen LogP contribution in [0.15, 0.2) is 42.5 Å². The van der Waals surface area contributed by atoms with Gasteiger partial charge in [0.15, 0.2) is 0 Å². The normalized spacial score (nSPS) is 16.0. The number of hydrogen-bond donors (Lipinski definition) is 1. The molecule has 3 rings (SSSR count). The Labute approximate surface area is 163 Å². The zero-order valence-electron chi connectivity index (χ0n) is 16.0. The molecule has 1 saturated heterocycles. The predicted molar refractivity (Wildman–Crippen MR) is 105 cm³/mol. The number of para-hydroxylation sites is 1. The molecule has 1 aliphatic heterocycles. The largest absolute Gasteiger partial charge is 0.495 e. The number of nitrogens with one attached hydrogen (secondary N) is 1. The van der Waals surface area contributed by atoms with Crippen molar-refractivity contribution < 1.29 is 23.9 Å². The van der Waals surface area contributed by atoms with E-state index >= 15 is 0 Å². The summed E-state index contributed by atoms with van der Waals surface area (Å²) in [6.45, 7) is 2.17. The van der Waals surface area contributed by atoms with Gasteiger partial charge in [-0.25, -0.2) is 4.79 Å². The lowest BCUT2D eigenvalue weighted by molar-refractivity contribution is -0.122. The van der Waals surface area contributed by atoms with Crippen LogP contribution in [0.4, 0.5) is 11.4 Å². The highest BCUT2D eigenvalue weighted by atomic mass is 16.5. The molecule has 0 aliphatic carbocycles. The van der Waals surface area contributed by atoms with E-state index < -0.39 is 11.9 Å². The van der Waals surface area contributed by atoms with Crippen LogP contribution in [0.2, 0.25) is 0 Å². The van der Waals surface area contributed by atoms with Gasteiger partial charge in [-0.2, -0.15) is 0 Å². The number of nitrogens with zero attached hydrogens (tertiary/aromatic N) is 1. The third-order valence-corrected chi connectivity index (χ3v) is 4.71. The molecule has 1 fully saturated rings. The van der Waals surface area contributed by atoms with Crippen molar-refractivity contribution in [3.63, 3.8) is 0 Å². The number of hydrogen-bond acceptors (Lipinski definition) is 5. The summed E-state index contributed by atoms with van der Waals surface area (Å²) in [6, 6.07) is 12.2. The van der Waals surface area contributed by atoms with Gasteiger partial charge >= 0.3 is 5.97 Å². The molecule has 7 nitrogen and oxygen atoms in total. The number of aryl methyl sites for hydroxylation is 1. The third kappa shape index (κ3) is 3.83. The summed E-state index contributed by atoms with van der Waals surface area (Å²) in [5, 5.41) is 2.75. The number of methoxy groups -OCH3 is 2. The fourth-order valence-corrected chi connectivity index (χ4v) is 3.24. The Hall–Kier alpha value is -3.35. The zero-order valence-corrected chi connectivity index (χ0v) is 16.0. The monoisotopic (exact) mass is 382 g/mol. The fourth-order valence-electron chi connectivity index (χ4n) is 3.24. The quantitative estimate of drug-likeness (QED) is 0.804. The van der Waals surface area contributed by atoms with Gasteiger partial charge in [-0.15, -0.1) is 0 Å². The SMILES string of the molecule is COC(=O)c1ccccc1NC(=O)C1CC(=O)N(c2cc(C)ccc2OC)C1. The Morgan fingerprint density at radius 1 is 1.14 bits per heavy atom. The maximum absolute atomic E-state index is 12.7. The maximum Gasteiger partial charge on any atom is 0.339 e. The van der Waals surface area contributed by atoms with Crippen LogP contribution < -0.4 is 15.0 Å². The molecule has 2 amide bonds. The molecule has 2 aromatic carbocycles. The van der Waals surface area contributed by atoms with Crippen molar-refractivity contribution in [1.82, 2.24) is 0 Å². The lowest BCUT2D eigenvalue weighted by Gasteiger charge is -2.20. The van der Waals surface area contributed by atoms with Crippen molar-refractivity contribution in [2.75, 3.05) is 31.0 Å². The van der Waals surface area contributed by atoms with Crippen molar-refractivity contribution >= 4 is 29.2 Å². The zero-order chi connectivity index (χ0) is 20.3. The third-order valence-electron chi connectivity index (χ3n) is 4.71. The van der Waals surface area contributed by atoms with E-state index in [-0.39, 0.29) is 30.3 Å². The Morgan fingerprint density at radius 2 is 1.89 bits per heavy atom. The Morgan fingerprint density at radius 3 is 2.61 bits per heavy atom. The summed E-state index contributed by atoms with van der Waals surface area (Å²) in [5.41, 5.74) is 2.26. The number of anilines is 2. The highest BCUT2D eigenvalue weighted by Crippen LogP contribution is 2.34. The summed E-state index contributed by atoms with van der Waals surface area (Å²) >= 11 is 0. The molecule has 0 bridgehead atoms. The minimum Gasteiger partial charge on any atom is -0.495 e. The number of ether oxygens (including phenoxy) is 2. The summed E-state index contributed by atoms with van der Waals surface area (Å²) in [4.78, 5) is 38.8. The van der Waals surface area contributed by atoms with E-state index in [2.05, 4.69) is 5.32 Å². The van der Waals surface area contributed by atoms with Crippen molar-refractivity contribution in [3.8, 4) is 5.75 Å². The van der Waals surface area contributed by atoms with E-state index in [0.717, 1.165) is 5.56 Å². The van der Waals surface area contributed by atoms with Gasteiger partial charge in [0.1, 0.15) is 5.75 Å². The number of carbonyl (C=O) groups is 3. The number of benzene rings is 2. The lowest BCUT2D eigenvalue weighted by atomic mass is 10.1. The van der Waals surface area contributed by atoms with Gasteiger partial charge in [-0.3, -0.25) is 9.59 Å². The average molecular weight is 382 g/mol. The minimum atomic E-state index is -0.538. The number of amides is 2. The molecule has 0 saturated carbocycles. The van der Waals surface area contributed by atoms with Crippen LogP contribution in [0.1, 0.15) is 22.3 Å². The molecule has 1 atom stereocenters. The second-order valence-electron chi connectivity index (χ2n) is 6.61. The first kappa shape index (κ1) is 19.4. The van der Waals surface area contributed by atoms with Crippen LogP contribution in [-0.2, 0) is 14.3 Å². The predicted octanol–water partition coefficient (Wildman–Crippen LogP) is 2.78. The highest BCUT2D eigenvalue weighted by Gasteiger charge is 2.36. The van der Waals surface area contributed by atoms with E-state index in [4.69, 9.17) is 9.47 Å². The summed E-state index contributed by atoms with van der Waals surface area (Å²) in [7, 11) is 2.83. The Bertz CT molecular complexity index is 925. The number of esters is 1. The lowest BCUT2D eigenvalue weighted by Crippen LogP contribution is -2.28. The van der Waals surface area contributed by atoms with Gasteiger partial charge in [0.25, 0.3) is 0 Å². The first-order valence-electron chi connectivity index (χ1n) is 8.87. The van der Waals surface area contributed by atoms with Gasteiger partial charge in [0.05, 0.1) is 37.1 Å². The molecule has 2 aromatic rings. The molecule has 1 N–H and O–H groups in total. The smallest absolute Gasteiger partial charge is 0.339 e. The molecule has 7 heteroatoms. The molecular formula is C21H22N2O5. The summed E-state index contributed by atoms with van der Waals surface area (Å²) < 4.78 is 10.1. The molecule has 1 heterocycles. The van der Waals surface area contributed by atoms with Crippen LogP contribution in [-0.4, -0.2) is 38.5 Å². The van der Waals surface area contributed by atoms with Gasteiger partial charge in [-0.05, 0) is 36.8 Å². The minimum absolute atomic E-state index is 0.0866. The summed E-state index contributed by atoms with van der Waals surface area (Å²) in [5.74, 6) is -0.965. The first-order chi connectivity index (χ1) is 13.4. The van der Waals surface area contributed by atoms with Crippen LogP contribution in [0, 0.1) is 12.8 Å². The second-order valence-corrected chi connectivity index (χ2v) is 6.61. The van der Waals surface area contributed by atoms with E-state index in [9.17, 15) is 14.4 Å². The van der Waals surface area contributed by atoms with E-state index in [1.54, 1.807) is 42.3 Å². The van der Waals surface area contributed by atoms with Crippen molar-refractivity contribution in [2.24, 2.45) is 5.92 Å². The maximum atomic E-state index is 12.7. The van der Waals surface area contributed by atoms with Crippen molar-refractivity contribution in [1.29, 1.82) is 0 Å². The molecule has 1 unspecified atom stereocenters. The van der Waals surface area contributed by atoms with Gasteiger partial charge in [-0.1, -0.05) is 18.2 Å². The number of rotatable bonds is 5. The fraction of sp³-hybridized carbons (Fsp3) is 0.286. The first-order valence-corrected chi connectivity index (χ1v) is 8.87. The van der Waals surface area contributed by atoms with Gasteiger partial charge in [0, 0.05) is 13.0 Å². The average Bonchev–Trinajstić information content (AvgIpc) is 3.09. The molecule has 28 heavy (non-hydrogen) atoms. The molecule has 1 aliphatic rings. The Kier molecular flexibility index (Phi) is 5.63. The van der Waals surface area contributed by atoms with Crippen molar-refractivity contribution in [2.45, 2.75) is 13.3 Å². The topological polar surface area (TPSA) is 84.9 Å². The van der Waals surface area contributed by atoms with E-state index in [0.29, 0.717) is 17.1 Å². The van der Waals surface area contributed by atoms with Crippen LogP contribution in [0.3, 0.4) is 0 Å². The van der Waals surface area contributed by atoms with E-state index in [1.165, 1.54) is 7.11 Å². The molecular weight excluding hydrogens is 360 g/mol. The Balaban J connectivity index is 1.79. The molecule has 0 radical (unpaired) electrons. The van der Waals surface area contributed by atoms with E-state index in [1.807, 2.05) is 19.1 Å². The van der Waals surface area contributed by atoms with Crippen LogP contribution in [0.25, 0.3) is 0 Å². The second kappa shape index (κ2) is 8.12. The van der Waals surface area contributed by atoms with Crippen LogP contribution in [0.5, 0.6) is 5.75 Å². The number of carbonyl (C=O) groups excluding carboxylic acids is 3. The van der Waals surface area contributed by atoms with Crippen molar-refractivity contribution in [3.05, 3.63) is 53.6 Å². The van der Waals surface area contributed by atoms with Gasteiger partial charge in [0.2, 0.25) is 11.8 Å². The molecule has 0 aromatic heterocycles.